The van der Waals surface area contributed by atoms with Gasteiger partial charge in [-0.05, 0) is 49.4 Å². The molecule has 0 unspecified atom stereocenters. The molecule has 1 fully saturated rings. The van der Waals surface area contributed by atoms with Crippen LogP contribution in [0.1, 0.15) is 16.7 Å². The molecule has 6 nitrogen and oxygen atoms in total. The number of hydrogen-bond acceptors (Lipinski definition) is 4. The Labute approximate surface area is 229 Å². The van der Waals surface area contributed by atoms with E-state index in [0.29, 0.717) is 5.69 Å². The number of aryl methyl sites for hydroxylation is 1. The lowest BCUT2D eigenvalue weighted by Crippen LogP contribution is -2.51. The number of sulfonamides is 1. The number of carbonyl (C=O) groups excluding carboxylic acids is 1. The molecule has 0 atom stereocenters. The number of carbonyl (C=O) groups is 1. The van der Waals surface area contributed by atoms with E-state index in [1.807, 2.05) is 0 Å². The van der Waals surface area contributed by atoms with Gasteiger partial charge in [0.25, 0.3) is 0 Å². The molecule has 0 saturated carbocycles. The van der Waals surface area contributed by atoms with Gasteiger partial charge in [-0.1, -0.05) is 41.4 Å². The maximum absolute atomic E-state index is 14.6. The number of halogens is 5. The Hall–Kier alpha value is -3.15. The Morgan fingerprint density at radius 3 is 2.23 bits per heavy atom. The highest BCUT2D eigenvalue weighted by molar-refractivity contribution is 7.89. The average molecular weight is 584 g/mol. The summed E-state index contributed by atoms with van der Waals surface area (Å²) in [7, 11) is -4.21. The van der Waals surface area contributed by atoms with E-state index in [1.165, 1.54) is 35.2 Å². The molecule has 208 valence electrons. The van der Waals surface area contributed by atoms with E-state index in [4.69, 9.17) is 11.6 Å². The SMILES string of the molecule is Cc1ccc(S(=O)(=O)N(CC(=O)N2CCN(c3cccc(C(F)(F)F)c3)CC2)Cc2c(F)cccc2Cl)cc1. The van der Waals surface area contributed by atoms with Crippen LogP contribution in [0, 0.1) is 12.7 Å². The van der Waals surface area contributed by atoms with Crippen molar-refractivity contribution in [2.24, 2.45) is 0 Å². The quantitative estimate of drug-likeness (QED) is 0.352. The van der Waals surface area contributed by atoms with Gasteiger partial charge in [0.15, 0.2) is 0 Å². The summed E-state index contributed by atoms with van der Waals surface area (Å²) >= 11 is 6.16. The zero-order valence-electron chi connectivity index (χ0n) is 21.0. The van der Waals surface area contributed by atoms with Gasteiger partial charge in [0.05, 0.1) is 17.0 Å². The van der Waals surface area contributed by atoms with Gasteiger partial charge in [0, 0.05) is 49.0 Å². The molecule has 3 aromatic carbocycles. The lowest BCUT2D eigenvalue weighted by molar-refractivity contribution is -0.137. The third kappa shape index (κ3) is 6.71. The molecule has 3 aromatic rings. The van der Waals surface area contributed by atoms with E-state index in [-0.39, 0.29) is 41.7 Å². The van der Waals surface area contributed by atoms with Crippen LogP contribution in [0.3, 0.4) is 0 Å². The Bertz CT molecular complexity index is 1420. The lowest BCUT2D eigenvalue weighted by Gasteiger charge is -2.37. The highest BCUT2D eigenvalue weighted by Gasteiger charge is 2.33. The lowest BCUT2D eigenvalue weighted by atomic mass is 10.1. The maximum Gasteiger partial charge on any atom is 0.416 e. The summed E-state index contributed by atoms with van der Waals surface area (Å²) < 4.78 is 81.9. The number of benzene rings is 3. The van der Waals surface area contributed by atoms with Crippen molar-refractivity contribution in [3.63, 3.8) is 0 Å². The van der Waals surface area contributed by atoms with Crippen molar-refractivity contribution in [2.75, 3.05) is 37.6 Å². The Morgan fingerprint density at radius 1 is 0.974 bits per heavy atom. The average Bonchev–Trinajstić information content (AvgIpc) is 2.90. The van der Waals surface area contributed by atoms with Crippen molar-refractivity contribution in [1.29, 1.82) is 0 Å². The molecule has 39 heavy (non-hydrogen) atoms. The molecule has 0 bridgehead atoms. The molecule has 0 radical (unpaired) electrons. The standard InChI is InChI=1S/C27H26ClF4N3O3S/c1-19-8-10-22(11-9-19)39(37,38)35(17-23-24(28)6-3-7-25(23)29)18-26(36)34-14-12-33(13-15-34)21-5-2-4-20(16-21)27(30,31)32/h2-11,16H,12-15,17-18H2,1H3. The van der Waals surface area contributed by atoms with E-state index >= 15 is 0 Å². The maximum atomic E-state index is 14.6. The van der Waals surface area contributed by atoms with Gasteiger partial charge in [0.1, 0.15) is 5.82 Å². The van der Waals surface area contributed by atoms with E-state index in [2.05, 4.69) is 0 Å². The number of hydrogen-bond donors (Lipinski definition) is 0. The molecule has 0 aliphatic carbocycles. The van der Waals surface area contributed by atoms with Crippen LogP contribution in [-0.4, -0.2) is 56.3 Å². The number of anilines is 1. The van der Waals surface area contributed by atoms with Crippen LogP contribution in [0.5, 0.6) is 0 Å². The number of piperazine rings is 1. The van der Waals surface area contributed by atoms with Crippen molar-refractivity contribution < 1.29 is 30.8 Å². The monoisotopic (exact) mass is 583 g/mol. The summed E-state index contributed by atoms with van der Waals surface area (Å²) in [5, 5.41) is 0.0289. The molecule has 1 saturated heterocycles. The van der Waals surface area contributed by atoms with E-state index in [1.54, 1.807) is 30.0 Å². The van der Waals surface area contributed by atoms with E-state index < -0.39 is 46.6 Å². The zero-order valence-corrected chi connectivity index (χ0v) is 22.5. The minimum Gasteiger partial charge on any atom is -0.368 e. The van der Waals surface area contributed by atoms with Gasteiger partial charge in [-0.25, -0.2) is 12.8 Å². The Morgan fingerprint density at radius 2 is 1.62 bits per heavy atom. The summed E-state index contributed by atoms with van der Waals surface area (Å²) in [5.41, 5.74) is 0.404. The van der Waals surface area contributed by atoms with Crippen LogP contribution < -0.4 is 4.90 Å². The molecule has 1 heterocycles. The summed E-state index contributed by atoms with van der Waals surface area (Å²) in [6.07, 6.45) is -4.47. The predicted octanol–water partition coefficient (Wildman–Crippen LogP) is 5.35. The summed E-state index contributed by atoms with van der Waals surface area (Å²) in [6, 6.07) is 15.0. The smallest absolute Gasteiger partial charge is 0.368 e. The molecule has 1 amide bonds. The van der Waals surface area contributed by atoms with E-state index in [0.717, 1.165) is 28.1 Å². The minimum absolute atomic E-state index is 0.0289. The summed E-state index contributed by atoms with van der Waals surface area (Å²) in [6.45, 7) is 1.65. The molecule has 1 aliphatic rings. The molecular weight excluding hydrogens is 558 g/mol. The molecule has 1 aliphatic heterocycles. The van der Waals surface area contributed by atoms with Crippen LogP contribution in [-0.2, 0) is 27.5 Å². The van der Waals surface area contributed by atoms with Gasteiger partial charge >= 0.3 is 6.18 Å². The van der Waals surface area contributed by atoms with Gasteiger partial charge in [-0.15, -0.1) is 0 Å². The second-order valence-corrected chi connectivity index (χ2v) is 11.5. The largest absolute Gasteiger partial charge is 0.416 e. The molecule has 4 rings (SSSR count). The van der Waals surface area contributed by atoms with Crippen LogP contribution in [0.2, 0.25) is 5.02 Å². The number of nitrogens with zero attached hydrogens (tertiary/aromatic N) is 3. The number of rotatable bonds is 7. The van der Waals surface area contributed by atoms with Crippen molar-refractivity contribution in [3.8, 4) is 0 Å². The van der Waals surface area contributed by atoms with Crippen LogP contribution in [0.25, 0.3) is 0 Å². The minimum atomic E-state index is -4.47. The van der Waals surface area contributed by atoms with Gasteiger partial charge in [0.2, 0.25) is 15.9 Å². The second-order valence-electron chi connectivity index (χ2n) is 9.20. The van der Waals surface area contributed by atoms with Gasteiger partial charge in [-0.3, -0.25) is 4.79 Å². The molecule has 12 heteroatoms. The fourth-order valence-electron chi connectivity index (χ4n) is 4.29. The van der Waals surface area contributed by atoms with Crippen LogP contribution in [0.4, 0.5) is 23.2 Å². The van der Waals surface area contributed by atoms with E-state index in [9.17, 15) is 30.8 Å². The molecular formula is C27H26ClF4N3O3S. The fourth-order valence-corrected chi connectivity index (χ4v) is 5.87. The fraction of sp³-hybridized carbons (Fsp3) is 0.296. The highest BCUT2D eigenvalue weighted by Crippen LogP contribution is 2.32. The van der Waals surface area contributed by atoms with Crippen molar-refractivity contribution >= 4 is 33.2 Å². The Kier molecular flexibility index (Phi) is 8.53. The summed E-state index contributed by atoms with van der Waals surface area (Å²) in [4.78, 5) is 16.4. The highest BCUT2D eigenvalue weighted by atomic mass is 35.5. The van der Waals surface area contributed by atoms with Gasteiger partial charge in [-0.2, -0.15) is 17.5 Å². The first kappa shape index (κ1) is 28.8. The topological polar surface area (TPSA) is 60.9 Å². The zero-order chi connectivity index (χ0) is 28.4. The number of amides is 1. The third-order valence-electron chi connectivity index (χ3n) is 6.54. The van der Waals surface area contributed by atoms with Crippen molar-refractivity contribution in [1.82, 2.24) is 9.21 Å². The first-order valence-corrected chi connectivity index (χ1v) is 13.9. The Balaban J connectivity index is 1.52. The molecule has 0 spiro atoms. The second kappa shape index (κ2) is 11.5. The first-order valence-electron chi connectivity index (χ1n) is 12.1. The number of alkyl halides is 3. The van der Waals surface area contributed by atoms with Crippen LogP contribution in [0.15, 0.2) is 71.6 Å². The van der Waals surface area contributed by atoms with Crippen molar-refractivity contribution in [2.45, 2.75) is 24.5 Å². The third-order valence-corrected chi connectivity index (χ3v) is 8.70. The molecule has 0 aromatic heterocycles. The normalized spacial score (nSPS) is 14.6. The molecule has 0 N–H and O–H groups in total. The van der Waals surface area contributed by atoms with Crippen LogP contribution >= 0.6 is 11.6 Å². The summed E-state index contributed by atoms with van der Waals surface area (Å²) in [5.74, 6) is -1.21. The predicted molar refractivity (Wildman–Crippen MR) is 140 cm³/mol. The van der Waals surface area contributed by atoms with Crippen molar-refractivity contribution in [3.05, 3.63) is 94.3 Å². The van der Waals surface area contributed by atoms with Gasteiger partial charge < -0.3 is 9.80 Å². The first-order chi connectivity index (χ1) is 18.4.